The number of pyridine rings is 1. The number of hydrogen-bond donors (Lipinski definition) is 2. The van der Waals surface area contributed by atoms with Crippen LogP contribution in [0.4, 0.5) is 4.39 Å². The monoisotopic (exact) mass is 487 g/mol. The van der Waals surface area contributed by atoms with Crippen LogP contribution in [0.2, 0.25) is 5.15 Å². The van der Waals surface area contributed by atoms with Crippen molar-refractivity contribution in [3.8, 4) is 0 Å². The predicted molar refractivity (Wildman–Crippen MR) is 124 cm³/mol. The van der Waals surface area contributed by atoms with E-state index in [1.54, 1.807) is 0 Å². The Labute approximate surface area is 202 Å². The van der Waals surface area contributed by atoms with Gasteiger partial charge >= 0.3 is 0 Å². The van der Waals surface area contributed by atoms with Crippen LogP contribution in [0.1, 0.15) is 52.8 Å². The fraction of sp³-hybridized carbons (Fsp3) is 0.417. The number of rotatable bonds is 4. The van der Waals surface area contributed by atoms with E-state index in [2.05, 4.69) is 10.3 Å². The van der Waals surface area contributed by atoms with E-state index >= 15 is 0 Å². The Kier molecular flexibility index (Phi) is 7.43. The summed E-state index contributed by atoms with van der Waals surface area (Å²) in [7, 11) is 0. The molecule has 1 aromatic heterocycles. The molecule has 180 valence electrons. The summed E-state index contributed by atoms with van der Waals surface area (Å²) in [6.45, 7) is 0.578. The highest BCUT2D eigenvalue weighted by Gasteiger charge is 2.41. The van der Waals surface area contributed by atoms with Gasteiger partial charge in [0, 0.05) is 36.9 Å². The van der Waals surface area contributed by atoms with Crippen LogP contribution < -0.4 is 11.1 Å². The zero-order valence-corrected chi connectivity index (χ0v) is 19.4. The predicted octanol–water partition coefficient (Wildman–Crippen LogP) is 2.57. The van der Waals surface area contributed by atoms with Crippen LogP contribution in [0.25, 0.3) is 0 Å². The molecule has 0 radical (unpaired) electrons. The molecule has 3 N–H and O–H groups in total. The third-order valence-electron chi connectivity index (χ3n) is 6.33. The Balaban J connectivity index is 1.62. The summed E-state index contributed by atoms with van der Waals surface area (Å²) in [5.74, 6) is -1.76. The molecule has 1 aliphatic heterocycles. The van der Waals surface area contributed by atoms with Gasteiger partial charge in [-0.05, 0) is 68.5 Å². The normalized spacial score (nSPS) is 22.9. The Bertz CT molecular complexity index is 976. The first kappa shape index (κ1) is 24.1. The van der Waals surface area contributed by atoms with Crippen LogP contribution in [0, 0.1) is 5.82 Å². The molecule has 8 nitrogen and oxygen atoms in total. The number of halogens is 2. The SMILES string of the molecule is NC1CCC(NC(=O)C2N(C(=O)c3ccc(F)cc3)CCCN2C(=O)c2ccc(Cl)nc2)CC1. The third kappa shape index (κ3) is 5.37. The van der Waals surface area contributed by atoms with E-state index in [-0.39, 0.29) is 34.9 Å². The highest BCUT2D eigenvalue weighted by atomic mass is 35.5. The highest BCUT2D eigenvalue weighted by molar-refractivity contribution is 6.29. The van der Waals surface area contributed by atoms with Crippen LogP contribution in [0.15, 0.2) is 42.6 Å². The van der Waals surface area contributed by atoms with Crippen molar-refractivity contribution < 1.29 is 18.8 Å². The van der Waals surface area contributed by atoms with Gasteiger partial charge < -0.3 is 20.9 Å². The standard InChI is InChI=1S/C24H27ClFN5O3/c25-20-11-4-16(14-28-20)24(34)31-13-1-12-30(23(33)15-2-5-17(26)6-3-15)22(31)21(32)29-19-9-7-18(27)8-10-19/h2-6,11,14,18-19,22H,1,7-10,12-13,27H2,(H,29,32). The topological polar surface area (TPSA) is 109 Å². The van der Waals surface area contributed by atoms with Gasteiger partial charge in [0.25, 0.3) is 17.7 Å². The van der Waals surface area contributed by atoms with E-state index in [0.717, 1.165) is 25.7 Å². The molecule has 1 unspecified atom stereocenters. The van der Waals surface area contributed by atoms with Gasteiger partial charge in [0.05, 0.1) is 5.56 Å². The quantitative estimate of drug-likeness (QED) is 0.644. The first-order chi connectivity index (χ1) is 16.3. The first-order valence-corrected chi connectivity index (χ1v) is 11.8. The second-order valence-corrected chi connectivity index (χ2v) is 9.11. The first-order valence-electron chi connectivity index (χ1n) is 11.4. The molecule has 1 saturated heterocycles. The van der Waals surface area contributed by atoms with Gasteiger partial charge in [0.2, 0.25) is 0 Å². The number of nitrogens with two attached hydrogens (primary N) is 1. The zero-order valence-electron chi connectivity index (χ0n) is 18.6. The van der Waals surface area contributed by atoms with Gasteiger partial charge in [-0.3, -0.25) is 14.4 Å². The summed E-state index contributed by atoms with van der Waals surface area (Å²) in [4.78, 5) is 47.0. The molecule has 2 aliphatic rings. The minimum Gasteiger partial charge on any atom is -0.350 e. The summed E-state index contributed by atoms with van der Waals surface area (Å²) in [5.41, 5.74) is 6.49. The van der Waals surface area contributed by atoms with Crippen molar-refractivity contribution in [1.82, 2.24) is 20.1 Å². The maximum atomic E-state index is 13.5. The van der Waals surface area contributed by atoms with Gasteiger partial charge in [0.1, 0.15) is 11.0 Å². The molecule has 4 rings (SSSR count). The summed E-state index contributed by atoms with van der Waals surface area (Å²) in [6, 6.07) is 8.22. The highest BCUT2D eigenvalue weighted by Crippen LogP contribution is 2.23. The van der Waals surface area contributed by atoms with Gasteiger partial charge in [-0.15, -0.1) is 0 Å². The molecular weight excluding hydrogens is 461 g/mol. The number of hydrogen-bond acceptors (Lipinski definition) is 5. The molecule has 10 heteroatoms. The lowest BCUT2D eigenvalue weighted by atomic mass is 9.91. The van der Waals surface area contributed by atoms with Crippen LogP contribution >= 0.6 is 11.6 Å². The van der Waals surface area contributed by atoms with Crippen LogP contribution in [0.3, 0.4) is 0 Å². The summed E-state index contributed by atoms with van der Waals surface area (Å²) in [5, 5.41) is 3.26. The molecule has 0 bridgehead atoms. The molecule has 34 heavy (non-hydrogen) atoms. The van der Waals surface area contributed by atoms with E-state index in [1.807, 2.05) is 0 Å². The molecular formula is C24H27ClFN5O3. The lowest BCUT2D eigenvalue weighted by Gasteiger charge is -2.43. The minimum atomic E-state index is -1.15. The third-order valence-corrected chi connectivity index (χ3v) is 6.55. The summed E-state index contributed by atoms with van der Waals surface area (Å²) in [6.07, 6.45) is 3.76. The average Bonchev–Trinajstić information content (AvgIpc) is 2.85. The summed E-state index contributed by atoms with van der Waals surface area (Å²) >= 11 is 5.86. The van der Waals surface area contributed by atoms with Crippen molar-refractivity contribution in [3.05, 3.63) is 64.7 Å². The minimum absolute atomic E-state index is 0.0776. The van der Waals surface area contributed by atoms with E-state index < -0.39 is 29.7 Å². The molecule has 2 fully saturated rings. The van der Waals surface area contributed by atoms with E-state index in [4.69, 9.17) is 17.3 Å². The molecule has 1 atom stereocenters. The number of aromatic nitrogens is 1. The van der Waals surface area contributed by atoms with Crippen LogP contribution in [-0.2, 0) is 4.79 Å². The number of carbonyl (C=O) groups is 3. The second kappa shape index (κ2) is 10.5. The molecule has 0 spiro atoms. The number of nitrogens with zero attached hydrogens (tertiary/aromatic N) is 3. The average molecular weight is 488 g/mol. The van der Waals surface area contributed by atoms with Gasteiger partial charge in [-0.25, -0.2) is 9.37 Å². The zero-order chi connectivity index (χ0) is 24.2. The lowest BCUT2D eigenvalue weighted by Crippen LogP contribution is -2.64. The van der Waals surface area contributed by atoms with Crippen molar-refractivity contribution in [2.75, 3.05) is 13.1 Å². The lowest BCUT2D eigenvalue weighted by molar-refractivity contribution is -0.133. The van der Waals surface area contributed by atoms with Crippen molar-refractivity contribution in [3.63, 3.8) is 0 Å². The van der Waals surface area contributed by atoms with E-state index in [1.165, 1.54) is 52.4 Å². The van der Waals surface area contributed by atoms with Crippen LogP contribution in [0.5, 0.6) is 0 Å². The van der Waals surface area contributed by atoms with E-state index in [0.29, 0.717) is 13.0 Å². The molecule has 1 aromatic carbocycles. The van der Waals surface area contributed by atoms with E-state index in [9.17, 15) is 18.8 Å². The number of benzene rings is 1. The molecule has 1 saturated carbocycles. The Morgan fingerprint density at radius 1 is 0.941 bits per heavy atom. The second-order valence-electron chi connectivity index (χ2n) is 8.72. The molecule has 1 aliphatic carbocycles. The molecule has 2 heterocycles. The fourth-order valence-electron chi connectivity index (χ4n) is 4.50. The Morgan fingerprint density at radius 2 is 1.53 bits per heavy atom. The molecule has 3 amide bonds. The number of carbonyl (C=O) groups excluding carboxylic acids is 3. The number of amides is 3. The van der Waals surface area contributed by atoms with Gasteiger partial charge in [-0.2, -0.15) is 0 Å². The van der Waals surface area contributed by atoms with Gasteiger partial charge in [0.15, 0.2) is 6.17 Å². The maximum Gasteiger partial charge on any atom is 0.264 e. The fourth-order valence-corrected chi connectivity index (χ4v) is 4.61. The number of nitrogens with one attached hydrogen (secondary N) is 1. The largest absolute Gasteiger partial charge is 0.350 e. The van der Waals surface area contributed by atoms with Crippen molar-refractivity contribution in [2.24, 2.45) is 5.73 Å². The maximum absolute atomic E-state index is 13.5. The van der Waals surface area contributed by atoms with Crippen molar-refractivity contribution in [1.29, 1.82) is 0 Å². The smallest absolute Gasteiger partial charge is 0.264 e. The summed E-state index contributed by atoms with van der Waals surface area (Å²) < 4.78 is 13.4. The molecule has 2 aromatic rings. The van der Waals surface area contributed by atoms with Crippen LogP contribution in [-0.4, -0.2) is 63.8 Å². The Hall–Kier alpha value is -3.04. The Morgan fingerprint density at radius 3 is 2.12 bits per heavy atom. The van der Waals surface area contributed by atoms with Crippen molar-refractivity contribution >= 4 is 29.3 Å². The van der Waals surface area contributed by atoms with Crippen molar-refractivity contribution in [2.45, 2.75) is 50.4 Å². The van der Waals surface area contributed by atoms with Gasteiger partial charge in [-0.1, -0.05) is 11.6 Å².